The van der Waals surface area contributed by atoms with Gasteiger partial charge in [0, 0.05) is 18.4 Å². The number of oxazole rings is 1. The van der Waals surface area contributed by atoms with E-state index in [2.05, 4.69) is 16.4 Å². The van der Waals surface area contributed by atoms with Gasteiger partial charge in [-0.1, -0.05) is 18.2 Å². The number of carbonyl (C=O) groups excluding carboxylic acids is 1. The van der Waals surface area contributed by atoms with Crippen LogP contribution in [0.15, 0.2) is 45.7 Å². The van der Waals surface area contributed by atoms with Gasteiger partial charge in [0.2, 0.25) is 5.91 Å². The third kappa shape index (κ3) is 2.84. The molecule has 1 aromatic carbocycles. The summed E-state index contributed by atoms with van der Waals surface area (Å²) in [7, 11) is 0. The highest BCUT2D eigenvalue weighted by molar-refractivity contribution is 5.82. The van der Waals surface area contributed by atoms with E-state index in [4.69, 9.17) is 4.42 Å². The van der Waals surface area contributed by atoms with Gasteiger partial charge in [0.15, 0.2) is 5.58 Å². The molecule has 128 valence electrons. The zero-order valence-electron chi connectivity index (χ0n) is 14.0. The van der Waals surface area contributed by atoms with Crippen molar-refractivity contribution in [2.24, 2.45) is 0 Å². The Labute approximate surface area is 144 Å². The number of benzene rings is 1. The first-order valence-corrected chi connectivity index (χ1v) is 8.48. The van der Waals surface area contributed by atoms with E-state index in [0.29, 0.717) is 17.6 Å². The minimum atomic E-state index is -0.654. The van der Waals surface area contributed by atoms with Gasteiger partial charge in [0.25, 0.3) is 0 Å². The molecule has 1 N–H and O–H groups in total. The Balaban J connectivity index is 1.50. The normalized spacial score (nSPS) is 14.4. The molecule has 1 aliphatic rings. The molecule has 0 aliphatic heterocycles. The van der Waals surface area contributed by atoms with Crippen molar-refractivity contribution >= 4 is 17.0 Å². The average Bonchev–Trinajstić information content (AvgIpc) is 3.21. The minimum absolute atomic E-state index is 0.228. The quantitative estimate of drug-likeness (QED) is 0.793. The molecule has 0 saturated carbocycles. The number of aromatic nitrogens is 2. The number of fused-ring (bicyclic) bond motifs is 2. The number of carbonyl (C=O) groups is 1. The first-order valence-electron chi connectivity index (χ1n) is 8.48. The molecule has 1 unspecified atom stereocenters. The second kappa shape index (κ2) is 6.20. The number of amides is 1. The summed E-state index contributed by atoms with van der Waals surface area (Å²) in [5, 5.41) is 2.89. The maximum Gasteiger partial charge on any atom is 0.420 e. The predicted octanol–water partition coefficient (Wildman–Crippen LogP) is 2.36. The van der Waals surface area contributed by atoms with E-state index >= 15 is 0 Å². The zero-order chi connectivity index (χ0) is 17.4. The number of hydrogen-bond acceptors (Lipinski definition) is 4. The highest BCUT2D eigenvalue weighted by Crippen LogP contribution is 2.20. The lowest BCUT2D eigenvalue weighted by molar-refractivity contribution is -0.124. The van der Waals surface area contributed by atoms with Crippen LogP contribution >= 0.6 is 0 Å². The summed E-state index contributed by atoms with van der Waals surface area (Å²) in [6, 6.07) is 8.55. The van der Waals surface area contributed by atoms with Crippen molar-refractivity contribution in [2.45, 2.75) is 38.8 Å². The third-order valence-electron chi connectivity index (χ3n) is 4.73. The summed E-state index contributed by atoms with van der Waals surface area (Å²) in [4.78, 5) is 29.1. The van der Waals surface area contributed by atoms with Crippen LogP contribution in [-0.4, -0.2) is 15.5 Å². The Morgan fingerprint density at radius 2 is 2.20 bits per heavy atom. The van der Waals surface area contributed by atoms with Crippen LogP contribution in [-0.2, 0) is 24.2 Å². The van der Waals surface area contributed by atoms with Gasteiger partial charge in [0.1, 0.15) is 6.04 Å². The Bertz CT molecular complexity index is 1000. The fourth-order valence-electron chi connectivity index (χ4n) is 3.38. The van der Waals surface area contributed by atoms with Crippen molar-refractivity contribution < 1.29 is 9.21 Å². The van der Waals surface area contributed by atoms with Gasteiger partial charge in [-0.3, -0.25) is 14.3 Å². The number of nitrogens with zero attached hydrogens (tertiary/aromatic N) is 2. The Morgan fingerprint density at radius 1 is 1.36 bits per heavy atom. The van der Waals surface area contributed by atoms with Crippen molar-refractivity contribution in [3.63, 3.8) is 0 Å². The molecular formula is C19H19N3O3. The highest BCUT2D eigenvalue weighted by Gasteiger charge is 2.21. The molecule has 6 heteroatoms. The van der Waals surface area contributed by atoms with Crippen LogP contribution in [0, 0.1) is 0 Å². The van der Waals surface area contributed by atoms with Crippen LogP contribution < -0.4 is 11.1 Å². The second-order valence-corrected chi connectivity index (χ2v) is 6.40. The molecule has 0 radical (unpaired) electrons. The summed E-state index contributed by atoms with van der Waals surface area (Å²) >= 11 is 0. The standard InChI is InChI=1S/C19H19N3O3/c1-12(22-16-7-2-3-8-17(16)25-19(22)24)18(23)21-11-13-9-14-5-4-6-15(14)20-10-13/h2-3,7-10,12H,4-6,11H2,1H3,(H,21,23). The van der Waals surface area contributed by atoms with Crippen LogP contribution in [0.4, 0.5) is 0 Å². The van der Waals surface area contributed by atoms with Gasteiger partial charge in [-0.15, -0.1) is 0 Å². The lowest BCUT2D eigenvalue weighted by Gasteiger charge is -2.13. The van der Waals surface area contributed by atoms with Gasteiger partial charge in [-0.25, -0.2) is 4.79 Å². The lowest BCUT2D eigenvalue weighted by Crippen LogP contribution is -2.34. The fraction of sp³-hybridized carbons (Fsp3) is 0.316. The smallest absolute Gasteiger partial charge is 0.408 e. The molecule has 2 heterocycles. The first-order chi connectivity index (χ1) is 12.1. The number of nitrogens with one attached hydrogen (secondary N) is 1. The molecule has 0 saturated heterocycles. The van der Waals surface area contributed by atoms with E-state index in [9.17, 15) is 9.59 Å². The van der Waals surface area contributed by atoms with Gasteiger partial charge < -0.3 is 9.73 Å². The number of rotatable bonds is 4. The molecule has 25 heavy (non-hydrogen) atoms. The largest absolute Gasteiger partial charge is 0.420 e. The molecule has 0 spiro atoms. The summed E-state index contributed by atoms with van der Waals surface area (Å²) in [6.45, 7) is 2.09. The summed E-state index contributed by atoms with van der Waals surface area (Å²) in [6.07, 6.45) is 5.05. The van der Waals surface area contributed by atoms with Crippen LogP contribution in [0.1, 0.15) is 36.2 Å². The van der Waals surface area contributed by atoms with Crippen molar-refractivity contribution in [3.8, 4) is 0 Å². The molecule has 2 aromatic heterocycles. The molecular weight excluding hydrogens is 318 g/mol. The molecule has 3 aromatic rings. The van der Waals surface area contributed by atoms with E-state index in [0.717, 1.165) is 24.8 Å². The molecule has 0 bridgehead atoms. The topological polar surface area (TPSA) is 77.1 Å². The molecule has 1 aliphatic carbocycles. The van der Waals surface area contributed by atoms with Crippen molar-refractivity contribution in [1.82, 2.24) is 14.9 Å². The Hall–Kier alpha value is -2.89. The number of pyridine rings is 1. The molecule has 1 amide bonds. The van der Waals surface area contributed by atoms with Crippen molar-refractivity contribution in [2.75, 3.05) is 0 Å². The van der Waals surface area contributed by atoms with Crippen LogP contribution in [0.2, 0.25) is 0 Å². The van der Waals surface area contributed by atoms with E-state index in [1.165, 1.54) is 15.8 Å². The van der Waals surface area contributed by atoms with E-state index in [-0.39, 0.29) is 5.91 Å². The molecule has 4 rings (SSSR count). The Kier molecular flexibility index (Phi) is 3.87. The van der Waals surface area contributed by atoms with Crippen LogP contribution in [0.3, 0.4) is 0 Å². The summed E-state index contributed by atoms with van der Waals surface area (Å²) in [5.41, 5.74) is 4.52. The maximum absolute atomic E-state index is 12.5. The Morgan fingerprint density at radius 3 is 3.08 bits per heavy atom. The number of hydrogen-bond donors (Lipinski definition) is 1. The van der Waals surface area contributed by atoms with Gasteiger partial charge >= 0.3 is 5.76 Å². The van der Waals surface area contributed by atoms with Gasteiger partial charge in [-0.05, 0) is 49.4 Å². The highest BCUT2D eigenvalue weighted by atomic mass is 16.4. The first kappa shape index (κ1) is 15.6. The summed E-state index contributed by atoms with van der Waals surface area (Å²) in [5.74, 6) is -0.753. The monoisotopic (exact) mass is 337 g/mol. The fourth-order valence-corrected chi connectivity index (χ4v) is 3.38. The van der Waals surface area contributed by atoms with Crippen LogP contribution in [0.25, 0.3) is 11.1 Å². The number of aryl methyl sites for hydroxylation is 2. The van der Waals surface area contributed by atoms with E-state index in [1.807, 2.05) is 12.3 Å². The van der Waals surface area contributed by atoms with E-state index in [1.54, 1.807) is 25.1 Å². The SMILES string of the molecule is CC(C(=O)NCc1cnc2c(c1)CCC2)n1c(=O)oc2ccccc21. The van der Waals surface area contributed by atoms with Crippen molar-refractivity contribution in [1.29, 1.82) is 0 Å². The second-order valence-electron chi connectivity index (χ2n) is 6.40. The molecule has 6 nitrogen and oxygen atoms in total. The summed E-state index contributed by atoms with van der Waals surface area (Å²) < 4.78 is 6.58. The third-order valence-corrected chi connectivity index (χ3v) is 4.73. The average molecular weight is 337 g/mol. The number of para-hydroxylation sites is 2. The molecule has 1 atom stereocenters. The zero-order valence-corrected chi connectivity index (χ0v) is 14.0. The van der Waals surface area contributed by atoms with Gasteiger partial charge in [-0.2, -0.15) is 0 Å². The molecule has 0 fully saturated rings. The van der Waals surface area contributed by atoms with Gasteiger partial charge in [0.05, 0.1) is 5.52 Å². The van der Waals surface area contributed by atoms with E-state index < -0.39 is 11.8 Å². The predicted molar refractivity (Wildman–Crippen MR) is 93.3 cm³/mol. The van der Waals surface area contributed by atoms with Crippen LogP contribution in [0.5, 0.6) is 0 Å². The maximum atomic E-state index is 12.5. The lowest BCUT2D eigenvalue weighted by atomic mass is 10.1. The van der Waals surface area contributed by atoms with Crippen molar-refractivity contribution in [3.05, 3.63) is 63.9 Å². The minimum Gasteiger partial charge on any atom is -0.408 e.